The second-order valence-electron chi connectivity index (χ2n) is 5.73. The Bertz CT molecular complexity index is 852. The second-order valence-corrected chi connectivity index (χ2v) is 7.76. The predicted molar refractivity (Wildman–Crippen MR) is 100.0 cm³/mol. The fraction of sp³-hybridized carbons (Fsp3) is 0.294. The first-order valence-electron chi connectivity index (χ1n) is 8.17. The van der Waals surface area contributed by atoms with E-state index in [0.717, 1.165) is 34.8 Å². The molecule has 6 nitrogen and oxygen atoms in total. The van der Waals surface area contributed by atoms with Crippen LogP contribution in [0.1, 0.15) is 29.1 Å². The van der Waals surface area contributed by atoms with Gasteiger partial charge < -0.3 is 5.32 Å². The number of carbonyl (C=O) groups is 1. The Morgan fingerprint density at radius 2 is 2.08 bits per heavy atom. The van der Waals surface area contributed by atoms with Gasteiger partial charge in [-0.05, 0) is 37.1 Å². The molecule has 3 aromatic rings. The van der Waals surface area contributed by atoms with Crippen LogP contribution >= 0.6 is 22.7 Å². The molecule has 3 heterocycles. The minimum absolute atomic E-state index is 0.270. The van der Waals surface area contributed by atoms with Crippen LogP contribution in [0, 0.1) is 0 Å². The molecule has 8 heteroatoms. The summed E-state index contributed by atoms with van der Waals surface area (Å²) in [6, 6.07) is 3.70. The van der Waals surface area contributed by atoms with Gasteiger partial charge in [-0.2, -0.15) is 0 Å². The number of hydrogen-bond acceptors (Lipinski definition) is 6. The van der Waals surface area contributed by atoms with Gasteiger partial charge in [-0.25, -0.2) is 9.78 Å². The summed E-state index contributed by atoms with van der Waals surface area (Å²) in [5.74, 6) is 0. The summed E-state index contributed by atoms with van der Waals surface area (Å²) < 4.78 is 0. The Balaban J connectivity index is 1.40. The van der Waals surface area contributed by atoms with Crippen LogP contribution in [0.3, 0.4) is 0 Å². The molecule has 0 aliphatic heterocycles. The van der Waals surface area contributed by atoms with Crippen molar-refractivity contribution in [1.82, 2.24) is 20.3 Å². The number of nitrogens with zero attached hydrogens (tertiary/aromatic N) is 3. The van der Waals surface area contributed by atoms with Crippen molar-refractivity contribution in [1.29, 1.82) is 0 Å². The van der Waals surface area contributed by atoms with Crippen molar-refractivity contribution in [3.05, 3.63) is 46.2 Å². The Hall–Kier alpha value is -2.32. The topological polar surface area (TPSA) is 79.8 Å². The van der Waals surface area contributed by atoms with Crippen LogP contribution in [0.2, 0.25) is 0 Å². The monoisotopic (exact) mass is 371 g/mol. The fourth-order valence-corrected chi connectivity index (χ4v) is 4.61. The van der Waals surface area contributed by atoms with E-state index < -0.39 is 0 Å². The van der Waals surface area contributed by atoms with Crippen molar-refractivity contribution in [3.63, 3.8) is 0 Å². The standard InChI is InChI=1S/C17H17N5OS2/c23-16(22-17-21-11-4-1-2-5-13(11)25-17)20-10-12-15(19-8-7-18-12)14-6-3-9-24-14/h3,6-9H,1-2,4-5,10H2,(H2,20,21,22,23). The number of thiophene rings is 1. The summed E-state index contributed by atoms with van der Waals surface area (Å²) in [5, 5.41) is 8.35. The molecule has 0 saturated carbocycles. The molecule has 25 heavy (non-hydrogen) atoms. The molecular formula is C17H17N5OS2. The van der Waals surface area contributed by atoms with Crippen LogP contribution in [0.15, 0.2) is 29.9 Å². The molecule has 1 aliphatic carbocycles. The maximum Gasteiger partial charge on any atom is 0.321 e. The molecule has 128 valence electrons. The molecule has 0 unspecified atom stereocenters. The van der Waals surface area contributed by atoms with Gasteiger partial charge in [0.05, 0.1) is 22.8 Å². The van der Waals surface area contributed by atoms with Gasteiger partial charge >= 0.3 is 6.03 Å². The molecule has 3 aromatic heterocycles. The minimum atomic E-state index is -0.270. The number of amides is 2. The number of rotatable bonds is 4. The Morgan fingerprint density at radius 1 is 1.20 bits per heavy atom. The lowest BCUT2D eigenvalue weighted by atomic mass is 10.0. The second kappa shape index (κ2) is 7.28. The molecule has 0 aromatic carbocycles. The minimum Gasteiger partial charge on any atom is -0.332 e. The fourth-order valence-electron chi connectivity index (χ4n) is 2.83. The van der Waals surface area contributed by atoms with Crippen LogP contribution in [-0.2, 0) is 19.4 Å². The van der Waals surface area contributed by atoms with E-state index in [1.54, 1.807) is 35.1 Å². The molecule has 1 aliphatic rings. The lowest BCUT2D eigenvalue weighted by molar-refractivity contribution is 0.251. The molecule has 0 spiro atoms. The van der Waals surface area contributed by atoms with Crippen molar-refractivity contribution >= 4 is 33.8 Å². The Morgan fingerprint density at radius 3 is 2.92 bits per heavy atom. The van der Waals surface area contributed by atoms with E-state index in [1.165, 1.54) is 17.7 Å². The molecule has 2 amide bonds. The maximum atomic E-state index is 12.2. The highest BCUT2D eigenvalue weighted by atomic mass is 32.1. The first-order chi connectivity index (χ1) is 12.3. The van der Waals surface area contributed by atoms with Crippen LogP contribution in [0.25, 0.3) is 10.6 Å². The number of hydrogen-bond donors (Lipinski definition) is 2. The molecular weight excluding hydrogens is 354 g/mol. The highest BCUT2D eigenvalue weighted by Gasteiger charge is 2.16. The van der Waals surface area contributed by atoms with E-state index in [2.05, 4.69) is 25.6 Å². The summed E-state index contributed by atoms with van der Waals surface area (Å²) in [6.45, 7) is 0.317. The number of anilines is 1. The van der Waals surface area contributed by atoms with Crippen LogP contribution in [0.5, 0.6) is 0 Å². The summed E-state index contributed by atoms with van der Waals surface area (Å²) in [6.07, 6.45) is 7.78. The third-order valence-electron chi connectivity index (χ3n) is 4.01. The Kier molecular flexibility index (Phi) is 4.71. The van der Waals surface area contributed by atoms with Crippen LogP contribution < -0.4 is 10.6 Å². The third kappa shape index (κ3) is 3.69. The molecule has 2 N–H and O–H groups in total. The maximum absolute atomic E-state index is 12.2. The first kappa shape index (κ1) is 16.2. The van der Waals surface area contributed by atoms with Crippen molar-refractivity contribution in [2.45, 2.75) is 32.2 Å². The number of aromatic nitrogens is 3. The number of aryl methyl sites for hydroxylation is 2. The molecule has 4 rings (SSSR count). The number of urea groups is 1. The number of nitrogens with one attached hydrogen (secondary N) is 2. The summed E-state index contributed by atoms with van der Waals surface area (Å²) in [4.78, 5) is 27.8. The molecule has 0 radical (unpaired) electrons. The highest BCUT2D eigenvalue weighted by Crippen LogP contribution is 2.29. The van der Waals surface area contributed by atoms with Crippen LogP contribution in [0.4, 0.5) is 9.93 Å². The smallest absolute Gasteiger partial charge is 0.321 e. The van der Waals surface area contributed by atoms with E-state index in [1.807, 2.05) is 17.5 Å². The van der Waals surface area contributed by atoms with E-state index in [-0.39, 0.29) is 6.03 Å². The third-order valence-corrected chi connectivity index (χ3v) is 5.96. The average Bonchev–Trinajstić information content (AvgIpc) is 3.29. The molecule has 0 bridgehead atoms. The number of fused-ring (bicyclic) bond motifs is 1. The summed E-state index contributed by atoms with van der Waals surface area (Å²) in [5.41, 5.74) is 2.70. The van der Waals surface area contributed by atoms with E-state index in [0.29, 0.717) is 11.7 Å². The van der Waals surface area contributed by atoms with Crippen LogP contribution in [-0.4, -0.2) is 21.0 Å². The zero-order valence-corrected chi connectivity index (χ0v) is 15.1. The van der Waals surface area contributed by atoms with Gasteiger partial charge in [0.1, 0.15) is 5.69 Å². The van der Waals surface area contributed by atoms with Gasteiger partial charge in [-0.1, -0.05) is 6.07 Å². The normalized spacial score (nSPS) is 13.3. The quantitative estimate of drug-likeness (QED) is 0.730. The van der Waals surface area contributed by atoms with Crippen molar-refractivity contribution in [2.24, 2.45) is 0 Å². The lowest BCUT2D eigenvalue weighted by Gasteiger charge is -2.08. The van der Waals surface area contributed by atoms with Gasteiger partial charge in [0.15, 0.2) is 5.13 Å². The van der Waals surface area contributed by atoms with Gasteiger partial charge in [0.25, 0.3) is 0 Å². The first-order valence-corrected chi connectivity index (χ1v) is 9.86. The van der Waals surface area contributed by atoms with E-state index in [9.17, 15) is 4.79 Å². The van der Waals surface area contributed by atoms with Gasteiger partial charge in [-0.15, -0.1) is 22.7 Å². The van der Waals surface area contributed by atoms with Gasteiger partial charge in [0.2, 0.25) is 0 Å². The van der Waals surface area contributed by atoms with Crippen molar-refractivity contribution in [2.75, 3.05) is 5.32 Å². The zero-order chi connectivity index (χ0) is 17.1. The zero-order valence-electron chi connectivity index (χ0n) is 13.5. The average molecular weight is 371 g/mol. The summed E-state index contributed by atoms with van der Waals surface area (Å²) >= 11 is 3.18. The molecule has 0 atom stereocenters. The number of carbonyl (C=O) groups excluding carboxylic acids is 1. The van der Waals surface area contributed by atoms with Crippen molar-refractivity contribution in [3.8, 4) is 10.6 Å². The predicted octanol–water partition coefficient (Wildman–Crippen LogP) is 3.86. The van der Waals surface area contributed by atoms with E-state index >= 15 is 0 Å². The largest absolute Gasteiger partial charge is 0.332 e. The number of thiazole rings is 1. The van der Waals surface area contributed by atoms with Gasteiger partial charge in [0, 0.05) is 17.3 Å². The highest BCUT2D eigenvalue weighted by molar-refractivity contribution is 7.15. The molecule has 0 fully saturated rings. The summed E-state index contributed by atoms with van der Waals surface area (Å²) in [7, 11) is 0. The Labute approximate surface area is 153 Å². The molecule has 0 saturated heterocycles. The van der Waals surface area contributed by atoms with E-state index in [4.69, 9.17) is 0 Å². The lowest BCUT2D eigenvalue weighted by Crippen LogP contribution is -2.28. The van der Waals surface area contributed by atoms with Gasteiger partial charge in [-0.3, -0.25) is 15.3 Å². The van der Waals surface area contributed by atoms with Crippen molar-refractivity contribution < 1.29 is 4.79 Å². The SMILES string of the molecule is O=C(NCc1nccnc1-c1cccs1)Nc1nc2c(s1)CCCC2.